The third-order valence-electron chi connectivity index (χ3n) is 4.73. The summed E-state index contributed by atoms with van der Waals surface area (Å²) >= 11 is 0. The summed E-state index contributed by atoms with van der Waals surface area (Å²) in [4.78, 5) is 13.9. The second kappa shape index (κ2) is 7.99. The normalized spacial score (nSPS) is 14.9. The lowest BCUT2D eigenvalue weighted by molar-refractivity contribution is -0.134. The number of halogens is 1. The second-order valence-electron chi connectivity index (χ2n) is 6.61. The monoisotopic (exact) mass is 375 g/mol. The minimum absolute atomic E-state index is 0.00335. The van der Waals surface area contributed by atoms with Crippen LogP contribution >= 0.6 is 0 Å². The van der Waals surface area contributed by atoms with Crippen LogP contribution in [0.25, 0.3) is 0 Å². The van der Waals surface area contributed by atoms with Crippen molar-refractivity contribution in [3.8, 4) is 0 Å². The summed E-state index contributed by atoms with van der Waals surface area (Å²) in [5.41, 5.74) is 1.26. The zero-order valence-corrected chi connectivity index (χ0v) is 15.3. The van der Waals surface area contributed by atoms with Gasteiger partial charge in [0.15, 0.2) is 9.84 Å². The Hall–Kier alpha value is -2.21. The number of hydrogen-bond donors (Lipinski definition) is 0. The van der Waals surface area contributed by atoms with Crippen LogP contribution in [0.3, 0.4) is 0 Å². The molecule has 1 fully saturated rings. The molecule has 0 radical (unpaired) electrons. The zero-order valence-electron chi connectivity index (χ0n) is 14.5. The van der Waals surface area contributed by atoms with Crippen LogP contribution in [0.5, 0.6) is 0 Å². The molecular weight excluding hydrogens is 353 g/mol. The van der Waals surface area contributed by atoms with Crippen molar-refractivity contribution in [2.45, 2.75) is 35.8 Å². The van der Waals surface area contributed by atoms with Crippen molar-refractivity contribution in [1.29, 1.82) is 0 Å². The molecule has 0 aliphatic carbocycles. The van der Waals surface area contributed by atoms with Gasteiger partial charge in [-0.3, -0.25) is 4.79 Å². The standard InChI is InChI=1S/C20H22FNO3S/c21-17-10-12-18(13-11-17)26(24,25)19-14-22(15-19)20(23)9-5-4-8-16-6-2-1-3-7-16/h1-3,6-7,10-13,19H,4-5,8-9,14-15H2. The molecule has 1 aliphatic rings. The number of rotatable bonds is 7. The molecule has 0 atom stereocenters. The highest BCUT2D eigenvalue weighted by molar-refractivity contribution is 7.92. The molecule has 26 heavy (non-hydrogen) atoms. The molecule has 2 aromatic rings. The summed E-state index contributed by atoms with van der Waals surface area (Å²) in [6.07, 6.45) is 3.10. The predicted octanol–water partition coefficient (Wildman–Crippen LogP) is 3.22. The van der Waals surface area contributed by atoms with Gasteiger partial charge in [-0.05, 0) is 49.1 Å². The molecule has 2 aromatic carbocycles. The maximum absolute atomic E-state index is 12.9. The Morgan fingerprint density at radius 3 is 2.31 bits per heavy atom. The number of likely N-dealkylation sites (tertiary alicyclic amines) is 1. The van der Waals surface area contributed by atoms with Crippen molar-refractivity contribution in [2.24, 2.45) is 0 Å². The highest BCUT2D eigenvalue weighted by Crippen LogP contribution is 2.24. The molecule has 0 N–H and O–H groups in total. The molecule has 3 rings (SSSR count). The first kappa shape index (κ1) is 18.6. The molecule has 1 amide bonds. The van der Waals surface area contributed by atoms with Gasteiger partial charge in [0.1, 0.15) is 11.1 Å². The van der Waals surface area contributed by atoms with Gasteiger partial charge >= 0.3 is 0 Å². The van der Waals surface area contributed by atoms with Gasteiger partial charge in [0.25, 0.3) is 0 Å². The van der Waals surface area contributed by atoms with Gasteiger partial charge < -0.3 is 4.90 Å². The van der Waals surface area contributed by atoms with Crippen molar-refractivity contribution in [2.75, 3.05) is 13.1 Å². The molecule has 1 aliphatic heterocycles. The molecule has 138 valence electrons. The lowest BCUT2D eigenvalue weighted by atomic mass is 10.1. The fourth-order valence-electron chi connectivity index (χ4n) is 3.06. The minimum Gasteiger partial charge on any atom is -0.340 e. The summed E-state index contributed by atoms with van der Waals surface area (Å²) in [5, 5.41) is -0.596. The van der Waals surface area contributed by atoms with Gasteiger partial charge in [0.05, 0.1) is 4.90 Å². The largest absolute Gasteiger partial charge is 0.340 e. The van der Waals surface area contributed by atoms with Gasteiger partial charge in [0, 0.05) is 19.5 Å². The fraction of sp³-hybridized carbons (Fsp3) is 0.350. The lowest BCUT2D eigenvalue weighted by Gasteiger charge is -2.38. The molecule has 0 unspecified atom stereocenters. The molecule has 6 heteroatoms. The number of carbonyl (C=O) groups excluding carboxylic acids is 1. The molecule has 0 saturated carbocycles. The summed E-state index contributed by atoms with van der Waals surface area (Å²) in [6, 6.07) is 15.0. The topological polar surface area (TPSA) is 54.5 Å². The predicted molar refractivity (Wildman–Crippen MR) is 98.0 cm³/mol. The van der Waals surface area contributed by atoms with E-state index in [-0.39, 0.29) is 23.9 Å². The van der Waals surface area contributed by atoms with Crippen LogP contribution in [0.15, 0.2) is 59.5 Å². The van der Waals surface area contributed by atoms with E-state index < -0.39 is 20.9 Å². The first-order chi connectivity index (χ1) is 12.5. The van der Waals surface area contributed by atoms with Crippen LogP contribution in [-0.2, 0) is 21.1 Å². The van der Waals surface area contributed by atoms with Crippen molar-refractivity contribution in [3.63, 3.8) is 0 Å². The number of hydrogen-bond acceptors (Lipinski definition) is 3. The number of aryl methyl sites for hydroxylation is 1. The molecule has 0 aromatic heterocycles. The lowest BCUT2D eigenvalue weighted by Crippen LogP contribution is -2.56. The number of nitrogens with zero attached hydrogens (tertiary/aromatic N) is 1. The quantitative estimate of drug-likeness (QED) is 0.552. The number of amides is 1. The zero-order chi connectivity index (χ0) is 18.6. The first-order valence-electron chi connectivity index (χ1n) is 8.78. The third kappa shape index (κ3) is 4.30. The average molecular weight is 375 g/mol. The van der Waals surface area contributed by atoms with Gasteiger partial charge in [-0.15, -0.1) is 0 Å². The Bertz CT molecular complexity index is 844. The maximum Gasteiger partial charge on any atom is 0.222 e. The Labute approximate surface area is 153 Å². The molecule has 4 nitrogen and oxygen atoms in total. The van der Waals surface area contributed by atoms with E-state index in [1.807, 2.05) is 18.2 Å². The van der Waals surface area contributed by atoms with Crippen molar-refractivity contribution in [1.82, 2.24) is 4.90 Å². The molecule has 1 heterocycles. The Morgan fingerprint density at radius 2 is 1.65 bits per heavy atom. The van der Waals surface area contributed by atoms with E-state index in [9.17, 15) is 17.6 Å². The SMILES string of the molecule is O=C(CCCCc1ccccc1)N1CC(S(=O)(=O)c2ccc(F)cc2)C1. The Morgan fingerprint density at radius 1 is 1.00 bits per heavy atom. The number of unbranched alkanes of at least 4 members (excludes halogenated alkanes) is 1. The van der Waals surface area contributed by atoms with Gasteiger partial charge in [0.2, 0.25) is 5.91 Å². The van der Waals surface area contributed by atoms with Crippen LogP contribution in [0.2, 0.25) is 0 Å². The van der Waals surface area contributed by atoms with Crippen molar-refractivity contribution >= 4 is 15.7 Å². The Kier molecular flexibility index (Phi) is 5.71. The second-order valence-corrected chi connectivity index (χ2v) is 8.84. The van der Waals surface area contributed by atoms with Crippen LogP contribution in [0, 0.1) is 5.82 Å². The van der Waals surface area contributed by atoms with Crippen LogP contribution < -0.4 is 0 Å². The van der Waals surface area contributed by atoms with Crippen molar-refractivity contribution in [3.05, 3.63) is 66.0 Å². The fourth-order valence-corrected chi connectivity index (χ4v) is 4.72. The smallest absolute Gasteiger partial charge is 0.222 e. The first-order valence-corrected chi connectivity index (χ1v) is 10.3. The van der Waals surface area contributed by atoms with E-state index in [0.717, 1.165) is 31.4 Å². The highest BCUT2D eigenvalue weighted by atomic mass is 32.2. The van der Waals surface area contributed by atoms with Gasteiger partial charge in [-0.25, -0.2) is 12.8 Å². The third-order valence-corrected chi connectivity index (χ3v) is 6.84. The van der Waals surface area contributed by atoms with Gasteiger partial charge in [-0.1, -0.05) is 30.3 Å². The number of carbonyl (C=O) groups is 1. The summed E-state index contributed by atoms with van der Waals surface area (Å²) < 4.78 is 37.8. The molecule has 0 bridgehead atoms. The van der Waals surface area contributed by atoms with E-state index in [0.29, 0.717) is 6.42 Å². The Balaban J connectivity index is 1.42. The summed E-state index contributed by atoms with van der Waals surface area (Å²) in [7, 11) is -3.51. The van der Waals surface area contributed by atoms with Crippen LogP contribution in [-0.4, -0.2) is 37.6 Å². The molecular formula is C20H22FNO3S. The van der Waals surface area contributed by atoms with E-state index in [1.165, 1.54) is 17.7 Å². The molecule has 0 spiro atoms. The van der Waals surface area contributed by atoms with Crippen LogP contribution in [0.4, 0.5) is 4.39 Å². The van der Waals surface area contributed by atoms with E-state index in [4.69, 9.17) is 0 Å². The summed E-state index contributed by atoms with van der Waals surface area (Å²) in [5.74, 6) is -0.464. The number of sulfone groups is 1. The maximum atomic E-state index is 12.9. The summed E-state index contributed by atoms with van der Waals surface area (Å²) in [6.45, 7) is 0.439. The molecule has 1 saturated heterocycles. The van der Waals surface area contributed by atoms with E-state index >= 15 is 0 Å². The van der Waals surface area contributed by atoms with E-state index in [2.05, 4.69) is 12.1 Å². The van der Waals surface area contributed by atoms with Crippen molar-refractivity contribution < 1.29 is 17.6 Å². The van der Waals surface area contributed by atoms with E-state index in [1.54, 1.807) is 4.90 Å². The highest BCUT2D eigenvalue weighted by Gasteiger charge is 2.40. The average Bonchev–Trinajstić information content (AvgIpc) is 2.58. The minimum atomic E-state index is -3.51. The van der Waals surface area contributed by atoms with Crippen LogP contribution in [0.1, 0.15) is 24.8 Å². The van der Waals surface area contributed by atoms with Gasteiger partial charge in [-0.2, -0.15) is 0 Å². The number of benzene rings is 2.